The summed E-state index contributed by atoms with van der Waals surface area (Å²) >= 11 is 0. The lowest BCUT2D eigenvalue weighted by Gasteiger charge is -2.11. The van der Waals surface area contributed by atoms with Gasteiger partial charge in [0, 0.05) is 5.92 Å². The lowest BCUT2D eigenvalue weighted by molar-refractivity contribution is 0.0202. The molecule has 2 nitrogen and oxygen atoms in total. The molecular formula is C10H12O2. The summed E-state index contributed by atoms with van der Waals surface area (Å²) < 4.78 is 0. The summed E-state index contributed by atoms with van der Waals surface area (Å²) in [5.41, 5.74) is 1.94. The molecule has 0 bridgehead atoms. The molecule has 0 aliphatic heterocycles. The molecule has 1 aromatic carbocycles. The van der Waals surface area contributed by atoms with Crippen LogP contribution in [-0.4, -0.2) is 16.3 Å². The number of aliphatic hydroxyl groups excluding tert-OH is 2. The molecule has 3 atom stereocenters. The SMILES string of the molecule is CC1c2ccccc2[C@@H](O)[C@H]1O. The molecule has 2 heteroatoms. The molecule has 0 saturated heterocycles. The molecule has 0 fully saturated rings. The Hall–Kier alpha value is -0.860. The lowest BCUT2D eigenvalue weighted by Crippen LogP contribution is -2.15. The zero-order valence-corrected chi connectivity index (χ0v) is 6.94. The quantitative estimate of drug-likeness (QED) is 0.604. The first-order chi connectivity index (χ1) is 5.72. The molecule has 0 aromatic heterocycles. The maximum Gasteiger partial charge on any atom is 0.106 e. The maximum atomic E-state index is 9.57. The van der Waals surface area contributed by atoms with Crippen LogP contribution in [0.2, 0.25) is 0 Å². The van der Waals surface area contributed by atoms with Gasteiger partial charge in [-0.15, -0.1) is 0 Å². The third-order valence-electron chi connectivity index (χ3n) is 2.64. The van der Waals surface area contributed by atoms with Gasteiger partial charge in [-0.1, -0.05) is 31.2 Å². The average molecular weight is 164 g/mol. The highest BCUT2D eigenvalue weighted by molar-refractivity contribution is 5.38. The van der Waals surface area contributed by atoms with Crippen LogP contribution in [-0.2, 0) is 0 Å². The summed E-state index contributed by atoms with van der Waals surface area (Å²) in [6.45, 7) is 1.93. The molecule has 0 heterocycles. The van der Waals surface area contributed by atoms with Crippen molar-refractivity contribution < 1.29 is 10.2 Å². The van der Waals surface area contributed by atoms with Crippen LogP contribution in [0.4, 0.5) is 0 Å². The van der Waals surface area contributed by atoms with Crippen molar-refractivity contribution in [3.8, 4) is 0 Å². The van der Waals surface area contributed by atoms with Gasteiger partial charge < -0.3 is 10.2 Å². The van der Waals surface area contributed by atoms with Crippen molar-refractivity contribution in [2.75, 3.05) is 0 Å². The lowest BCUT2D eigenvalue weighted by atomic mass is 10.0. The first-order valence-electron chi connectivity index (χ1n) is 4.17. The molecule has 1 aliphatic rings. The smallest absolute Gasteiger partial charge is 0.106 e. The minimum Gasteiger partial charge on any atom is -0.389 e. The van der Waals surface area contributed by atoms with Gasteiger partial charge in [0.2, 0.25) is 0 Å². The molecule has 12 heavy (non-hydrogen) atoms. The van der Waals surface area contributed by atoms with E-state index in [0.29, 0.717) is 0 Å². The minimum atomic E-state index is -0.698. The van der Waals surface area contributed by atoms with E-state index in [9.17, 15) is 10.2 Å². The predicted octanol–water partition coefficient (Wildman–Crippen LogP) is 1.20. The van der Waals surface area contributed by atoms with E-state index in [2.05, 4.69) is 0 Å². The number of hydrogen-bond acceptors (Lipinski definition) is 2. The molecule has 1 aliphatic carbocycles. The van der Waals surface area contributed by atoms with Gasteiger partial charge in [-0.2, -0.15) is 0 Å². The van der Waals surface area contributed by atoms with Crippen molar-refractivity contribution >= 4 is 0 Å². The Morgan fingerprint density at radius 3 is 2.25 bits per heavy atom. The van der Waals surface area contributed by atoms with Gasteiger partial charge in [-0.3, -0.25) is 0 Å². The molecule has 0 spiro atoms. The summed E-state index contributed by atoms with van der Waals surface area (Å²) in [5, 5.41) is 19.1. The second kappa shape index (κ2) is 2.57. The Kier molecular flexibility index (Phi) is 1.67. The number of hydrogen-bond donors (Lipinski definition) is 2. The fourth-order valence-corrected chi connectivity index (χ4v) is 1.84. The normalized spacial score (nSPS) is 33.4. The fourth-order valence-electron chi connectivity index (χ4n) is 1.84. The summed E-state index contributed by atoms with van der Waals surface area (Å²) in [4.78, 5) is 0. The van der Waals surface area contributed by atoms with Gasteiger partial charge in [-0.05, 0) is 11.1 Å². The van der Waals surface area contributed by atoms with Gasteiger partial charge in [0.25, 0.3) is 0 Å². The minimum absolute atomic E-state index is 0.0520. The zero-order valence-electron chi connectivity index (χ0n) is 6.94. The van der Waals surface area contributed by atoms with Crippen LogP contribution in [0.15, 0.2) is 24.3 Å². The molecule has 0 amide bonds. The highest BCUT2D eigenvalue weighted by Gasteiger charge is 2.35. The summed E-state index contributed by atoms with van der Waals surface area (Å²) in [6, 6.07) is 7.64. The Morgan fingerprint density at radius 1 is 1.08 bits per heavy atom. The topological polar surface area (TPSA) is 40.5 Å². The number of benzene rings is 1. The van der Waals surface area contributed by atoms with E-state index in [1.165, 1.54) is 0 Å². The fraction of sp³-hybridized carbons (Fsp3) is 0.400. The van der Waals surface area contributed by atoms with Crippen LogP contribution in [0.1, 0.15) is 30.1 Å². The van der Waals surface area contributed by atoms with Gasteiger partial charge in [0.1, 0.15) is 6.10 Å². The number of rotatable bonds is 0. The Labute approximate surface area is 71.5 Å². The van der Waals surface area contributed by atoms with Crippen molar-refractivity contribution in [3.05, 3.63) is 35.4 Å². The van der Waals surface area contributed by atoms with Crippen molar-refractivity contribution in [2.24, 2.45) is 0 Å². The Bertz CT molecular complexity index is 267. The number of fused-ring (bicyclic) bond motifs is 1. The van der Waals surface area contributed by atoms with E-state index in [4.69, 9.17) is 0 Å². The van der Waals surface area contributed by atoms with Crippen molar-refractivity contribution in [2.45, 2.75) is 25.0 Å². The van der Waals surface area contributed by atoms with Crippen LogP contribution < -0.4 is 0 Å². The second-order valence-corrected chi connectivity index (χ2v) is 3.35. The average Bonchev–Trinajstić information content (AvgIpc) is 2.33. The van der Waals surface area contributed by atoms with Crippen LogP contribution in [0.3, 0.4) is 0 Å². The molecular weight excluding hydrogens is 152 g/mol. The van der Waals surface area contributed by atoms with E-state index < -0.39 is 12.2 Å². The van der Waals surface area contributed by atoms with Gasteiger partial charge in [0.05, 0.1) is 6.10 Å². The first-order valence-corrected chi connectivity index (χ1v) is 4.17. The van der Waals surface area contributed by atoms with E-state index in [1.807, 2.05) is 31.2 Å². The Balaban J connectivity index is 2.52. The standard InChI is InChI=1S/C10H12O2/c1-6-7-4-2-3-5-8(7)10(12)9(6)11/h2-6,9-12H,1H3/t6?,9-,10+/m0/s1. The highest BCUT2D eigenvalue weighted by atomic mass is 16.3. The highest BCUT2D eigenvalue weighted by Crippen LogP contribution is 2.39. The van der Waals surface area contributed by atoms with E-state index in [0.717, 1.165) is 11.1 Å². The van der Waals surface area contributed by atoms with E-state index in [1.54, 1.807) is 0 Å². The molecule has 1 unspecified atom stereocenters. The third-order valence-corrected chi connectivity index (χ3v) is 2.64. The summed E-state index contributed by atoms with van der Waals surface area (Å²) in [7, 11) is 0. The van der Waals surface area contributed by atoms with Crippen LogP contribution in [0.5, 0.6) is 0 Å². The Morgan fingerprint density at radius 2 is 1.67 bits per heavy atom. The van der Waals surface area contributed by atoms with Crippen LogP contribution in [0, 0.1) is 0 Å². The monoisotopic (exact) mass is 164 g/mol. The first kappa shape index (κ1) is 7.77. The molecule has 0 saturated carbocycles. The number of aliphatic hydroxyl groups is 2. The van der Waals surface area contributed by atoms with E-state index in [-0.39, 0.29) is 5.92 Å². The second-order valence-electron chi connectivity index (χ2n) is 3.35. The molecule has 0 radical (unpaired) electrons. The zero-order chi connectivity index (χ0) is 8.72. The van der Waals surface area contributed by atoms with Crippen molar-refractivity contribution in [1.29, 1.82) is 0 Å². The maximum absolute atomic E-state index is 9.57. The van der Waals surface area contributed by atoms with Crippen LogP contribution in [0.25, 0.3) is 0 Å². The largest absolute Gasteiger partial charge is 0.389 e. The molecule has 64 valence electrons. The van der Waals surface area contributed by atoms with Crippen molar-refractivity contribution in [1.82, 2.24) is 0 Å². The van der Waals surface area contributed by atoms with E-state index >= 15 is 0 Å². The molecule has 2 rings (SSSR count). The van der Waals surface area contributed by atoms with Gasteiger partial charge in [-0.25, -0.2) is 0 Å². The van der Waals surface area contributed by atoms with Crippen molar-refractivity contribution in [3.63, 3.8) is 0 Å². The van der Waals surface area contributed by atoms with Crippen LogP contribution >= 0.6 is 0 Å². The molecule has 2 N–H and O–H groups in total. The summed E-state index contributed by atoms with van der Waals surface area (Å²) in [6.07, 6.45) is -1.33. The summed E-state index contributed by atoms with van der Waals surface area (Å²) in [5.74, 6) is 0.0520. The van der Waals surface area contributed by atoms with Gasteiger partial charge in [0.15, 0.2) is 0 Å². The van der Waals surface area contributed by atoms with Gasteiger partial charge >= 0.3 is 0 Å². The third kappa shape index (κ3) is 0.886. The molecule has 1 aromatic rings. The predicted molar refractivity (Wildman–Crippen MR) is 45.8 cm³/mol.